The molecule has 0 amide bonds. The molecule has 28 heavy (non-hydrogen) atoms. The van der Waals surface area contributed by atoms with Crippen LogP contribution in [0, 0.1) is 11.8 Å². The van der Waals surface area contributed by atoms with Crippen LogP contribution in [0.2, 0.25) is 0 Å². The molecule has 0 saturated carbocycles. The number of imidazole rings is 1. The predicted octanol–water partition coefficient (Wildman–Crippen LogP) is 1.74. The standard InChI is InChI=1S/C19H30N6O3/c1-12(2)6-24(7-13(3)4)10-23-18-17-19(21-9-20-18)25(11-22-17)16-5-14(27)15(8-26)28-16/h9-16,26-27H,5-8H2,1-4H3/b23-10+/t14-,15+,16+/m0/s1. The smallest absolute Gasteiger partial charge is 0.184 e. The molecule has 0 unspecified atom stereocenters. The zero-order valence-corrected chi connectivity index (χ0v) is 16.9. The number of aromatic nitrogens is 4. The summed E-state index contributed by atoms with van der Waals surface area (Å²) in [5, 5.41) is 19.3. The quantitative estimate of drug-likeness (QED) is 0.522. The third-order valence-electron chi connectivity index (χ3n) is 4.58. The van der Waals surface area contributed by atoms with Gasteiger partial charge in [-0.15, -0.1) is 0 Å². The zero-order chi connectivity index (χ0) is 20.3. The van der Waals surface area contributed by atoms with Crippen LogP contribution in [0.5, 0.6) is 0 Å². The summed E-state index contributed by atoms with van der Waals surface area (Å²) in [6, 6.07) is 0. The van der Waals surface area contributed by atoms with E-state index in [-0.39, 0.29) is 6.61 Å². The van der Waals surface area contributed by atoms with Gasteiger partial charge in [-0.3, -0.25) is 4.57 Å². The van der Waals surface area contributed by atoms with E-state index in [1.54, 1.807) is 10.9 Å². The molecule has 3 heterocycles. The van der Waals surface area contributed by atoms with Crippen molar-refractivity contribution in [3.05, 3.63) is 12.7 Å². The zero-order valence-electron chi connectivity index (χ0n) is 16.9. The number of aliphatic hydroxyl groups excluding tert-OH is 2. The number of aliphatic imine (C=N–C) groups is 1. The predicted molar refractivity (Wildman–Crippen MR) is 106 cm³/mol. The van der Waals surface area contributed by atoms with Crippen molar-refractivity contribution in [2.75, 3.05) is 19.7 Å². The highest BCUT2D eigenvalue weighted by atomic mass is 16.5. The maximum absolute atomic E-state index is 9.99. The molecule has 0 bridgehead atoms. The van der Waals surface area contributed by atoms with Gasteiger partial charge in [0, 0.05) is 19.5 Å². The fraction of sp³-hybridized carbons (Fsp3) is 0.684. The fourth-order valence-corrected chi connectivity index (χ4v) is 3.44. The van der Waals surface area contributed by atoms with E-state index in [4.69, 9.17) is 4.74 Å². The van der Waals surface area contributed by atoms with Crippen LogP contribution < -0.4 is 0 Å². The van der Waals surface area contributed by atoms with Crippen LogP contribution in [0.4, 0.5) is 5.82 Å². The molecule has 0 aliphatic carbocycles. The Morgan fingerprint density at radius 3 is 2.57 bits per heavy atom. The van der Waals surface area contributed by atoms with Crippen LogP contribution in [-0.4, -0.2) is 72.9 Å². The number of hydrogen-bond donors (Lipinski definition) is 2. The maximum Gasteiger partial charge on any atom is 0.184 e. The summed E-state index contributed by atoms with van der Waals surface area (Å²) in [5.41, 5.74) is 1.18. The number of aliphatic hydroxyl groups is 2. The van der Waals surface area contributed by atoms with Crippen molar-refractivity contribution >= 4 is 23.3 Å². The molecular formula is C19H30N6O3. The third kappa shape index (κ3) is 4.65. The molecule has 3 atom stereocenters. The highest BCUT2D eigenvalue weighted by Crippen LogP contribution is 2.31. The van der Waals surface area contributed by atoms with E-state index in [0.29, 0.717) is 35.2 Å². The first kappa shape index (κ1) is 20.6. The van der Waals surface area contributed by atoms with Gasteiger partial charge in [-0.2, -0.15) is 0 Å². The Kier molecular flexibility index (Phi) is 6.58. The fourth-order valence-electron chi connectivity index (χ4n) is 3.44. The van der Waals surface area contributed by atoms with Crippen LogP contribution in [0.25, 0.3) is 11.2 Å². The molecule has 1 aliphatic rings. The Labute approximate surface area is 165 Å². The molecular weight excluding hydrogens is 360 g/mol. The van der Waals surface area contributed by atoms with Crippen LogP contribution in [-0.2, 0) is 4.74 Å². The minimum atomic E-state index is -0.715. The monoisotopic (exact) mass is 390 g/mol. The third-order valence-corrected chi connectivity index (χ3v) is 4.58. The first-order chi connectivity index (χ1) is 13.4. The first-order valence-electron chi connectivity index (χ1n) is 9.79. The van der Waals surface area contributed by atoms with Gasteiger partial charge in [-0.1, -0.05) is 27.7 Å². The molecule has 2 aromatic heterocycles. The van der Waals surface area contributed by atoms with Gasteiger partial charge in [-0.25, -0.2) is 19.9 Å². The average Bonchev–Trinajstić information content (AvgIpc) is 3.22. The second-order valence-electron chi connectivity index (χ2n) is 8.12. The highest BCUT2D eigenvalue weighted by molar-refractivity contribution is 5.83. The lowest BCUT2D eigenvalue weighted by Gasteiger charge is -2.23. The summed E-state index contributed by atoms with van der Waals surface area (Å²) in [7, 11) is 0. The summed E-state index contributed by atoms with van der Waals surface area (Å²) in [6.45, 7) is 10.3. The molecule has 154 valence electrons. The average molecular weight is 390 g/mol. The van der Waals surface area contributed by atoms with Crippen molar-refractivity contribution in [1.82, 2.24) is 24.4 Å². The largest absolute Gasteiger partial charge is 0.394 e. The number of hydrogen-bond acceptors (Lipinski definition) is 7. The van der Waals surface area contributed by atoms with Gasteiger partial charge in [0.2, 0.25) is 0 Å². The van der Waals surface area contributed by atoms with Crippen molar-refractivity contribution < 1.29 is 14.9 Å². The minimum absolute atomic E-state index is 0.226. The van der Waals surface area contributed by atoms with Gasteiger partial charge in [0.1, 0.15) is 18.7 Å². The second kappa shape index (κ2) is 8.93. The molecule has 9 nitrogen and oxygen atoms in total. The second-order valence-corrected chi connectivity index (χ2v) is 8.12. The highest BCUT2D eigenvalue weighted by Gasteiger charge is 2.35. The van der Waals surface area contributed by atoms with Gasteiger partial charge < -0.3 is 19.8 Å². The summed E-state index contributed by atoms with van der Waals surface area (Å²) in [4.78, 5) is 19.8. The SMILES string of the molecule is CC(C)CN(/C=N/c1ncnc2c1ncn2[C@H]1C[C@H](O)[C@@H](CO)O1)CC(C)C. The van der Waals surface area contributed by atoms with Gasteiger partial charge >= 0.3 is 0 Å². The summed E-state index contributed by atoms with van der Waals surface area (Å²) in [5.74, 6) is 1.55. The lowest BCUT2D eigenvalue weighted by molar-refractivity contribution is -0.0432. The molecule has 1 saturated heterocycles. The maximum atomic E-state index is 9.99. The Hall–Kier alpha value is -2.10. The van der Waals surface area contributed by atoms with Crippen molar-refractivity contribution in [3.63, 3.8) is 0 Å². The molecule has 1 fully saturated rings. The van der Waals surface area contributed by atoms with E-state index in [9.17, 15) is 10.2 Å². The first-order valence-corrected chi connectivity index (χ1v) is 9.79. The summed E-state index contributed by atoms with van der Waals surface area (Å²) in [6.07, 6.45) is 3.54. The summed E-state index contributed by atoms with van der Waals surface area (Å²) < 4.78 is 7.48. The normalized spacial score (nSPS) is 22.9. The van der Waals surface area contributed by atoms with E-state index in [1.807, 2.05) is 6.34 Å². The van der Waals surface area contributed by atoms with Gasteiger partial charge in [-0.05, 0) is 11.8 Å². The lowest BCUT2D eigenvalue weighted by atomic mass is 10.1. The van der Waals surface area contributed by atoms with Gasteiger partial charge in [0.15, 0.2) is 17.0 Å². The Morgan fingerprint density at radius 2 is 1.96 bits per heavy atom. The number of ether oxygens (including phenoxy) is 1. The molecule has 2 N–H and O–H groups in total. The Balaban J connectivity index is 1.84. The van der Waals surface area contributed by atoms with Crippen LogP contribution in [0.15, 0.2) is 17.6 Å². The van der Waals surface area contributed by atoms with Gasteiger partial charge in [0.05, 0.1) is 25.4 Å². The Bertz CT molecular complexity index is 796. The van der Waals surface area contributed by atoms with E-state index >= 15 is 0 Å². The molecule has 3 rings (SSSR count). The van der Waals surface area contributed by atoms with Crippen LogP contribution >= 0.6 is 0 Å². The van der Waals surface area contributed by atoms with Gasteiger partial charge in [0.25, 0.3) is 0 Å². The van der Waals surface area contributed by atoms with Crippen LogP contribution in [0.3, 0.4) is 0 Å². The van der Waals surface area contributed by atoms with E-state index < -0.39 is 18.4 Å². The molecule has 2 aromatic rings. The number of nitrogens with zero attached hydrogens (tertiary/aromatic N) is 6. The van der Waals surface area contributed by atoms with Crippen LogP contribution in [0.1, 0.15) is 40.3 Å². The van der Waals surface area contributed by atoms with Crippen molar-refractivity contribution in [3.8, 4) is 0 Å². The topological polar surface area (TPSA) is 109 Å². The van der Waals surface area contributed by atoms with Crippen molar-refractivity contribution in [2.45, 2.75) is 52.6 Å². The number of fused-ring (bicyclic) bond motifs is 1. The van der Waals surface area contributed by atoms with E-state index in [2.05, 4.69) is 52.5 Å². The van der Waals surface area contributed by atoms with E-state index in [0.717, 1.165) is 13.1 Å². The molecule has 0 spiro atoms. The minimum Gasteiger partial charge on any atom is -0.394 e. The molecule has 9 heteroatoms. The number of rotatable bonds is 8. The molecule has 1 aliphatic heterocycles. The lowest BCUT2D eigenvalue weighted by Crippen LogP contribution is -2.30. The van der Waals surface area contributed by atoms with E-state index in [1.165, 1.54) is 6.33 Å². The molecule has 0 radical (unpaired) electrons. The Morgan fingerprint density at radius 1 is 1.25 bits per heavy atom. The summed E-state index contributed by atoms with van der Waals surface area (Å²) >= 11 is 0. The van der Waals surface area contributed by atoms with Crippen molar-refractivity contribution in [2.24, 2.45) is 16.8 Å². The molecule has 0 aromatic carbocycles. The van der Waals surface area contributed by atoms with Crippen molar-refractivity contribution in [1.29, 1.82) is 0 Å².